The van der Waals surface area contributed by atoms with E-state index in [4.69, 9.17) is 16.3 Å². The Balaban J connectivity index is 3.03. The van der Waals surface area contributed by atoms with Crippen LogP contribution < -0.4 is 10.1 Å². The van der Waals surface area contributed by atoms with Crippen LogP contribution in [0.15, 0.2) is 12.1 Å². The third-order valence-electron chi connectivity index (χ3n) is 2.13. The number of carbonyl (C=O) groups is 1. The first-order valence-corrected chi connectivity index (χ1v) is 5.16. The number of ether oxygens (including phenoxy) is 1. The fourth-order valence-corrected chi connectivity index (χ4v) is 1.31. The molecule has 16 heavy (non-hydrogen) atoms. The van der Waals surface area contributed by atoms with E-state index in [1.165, 1.54) is 12.0 Å². The van der Waals surface area contributed by atoms with E-state index in [1.807, 2.05) is 6.92 Å². The minimum Gasteiger partial charge on any atom is -0.495 e. The summed E-state index contributed by atoms with van der Waals surface area (Å²) in [4.78, 5) is 13.0. The Bertz CT molecular complexity index is 405. The summed E-state index contributed by atoms with van der Waals surface area (Å²) in [5, 5.41) is 3.34. The highest BCUT2D eigenvalue weighted by Crippen LogP contribution is 2.30. The molecule has 4 nitrogen and oxygen atoms in total. The molecular formula is C11H15ClN2O2. The number of anilines is 1. The maximum atomic E-state index is 11.5. The van der Waals surface area contributed by atoms with Crippen LogP contribution in [0.1, 0.15) is 5.56 Å². The summed E-state index contributed by atoms with van der Waals surface area (Å²) in [5.41, 5.74) is 1.50. The molecule has 0 bridgehead atoms. The van der Waals surface area contributed by atoms with Crippen LogP contribution in [0.4, 0.5) is 10.5 Å². The average Bonchev–Trinajstić information content (AvgIpc) is 2.22. The number of carbonyl (C=O) groups excluding carboxylic acids is 1. The first kappa shape index (κ1) is 12.6. The molecule has 1 N–H and O–H groups in total. The summed E-state index contributed by atoms with van der Waals surface area (Å²) in [5.74, 6) is 0.547. The zero-order valence-corrected chi connectivity index (χ0v) is 10.6. The van der Waals surface area contributed by atoms with Gasteiger partial charge in [0, 0.05) is 25.2 Å². The van der Waals surface area contributed by atoms with Crippen molar-refractivity contribution in [3.63, 3.8) is 0 Å². The lowest BCUT2D eigenvalue weighted by molar-refractivity contribution is 0.230. The van der Waals surface area contributed by atoms with E-state index in [1.54, 1.807) is 26.2 Å². The Morgan fingerprint density at radius 1 is 1.44 bits per heavy atom. The second-order valence-corrected chi connectivity index (χ2v) is 4.03. The number of methoxy groups -OCH3 is 1. The molecule has 0 aliphatic carbocycles. The fourth-order valence-electron chi connectivity index (χ4n) is 1.16. The van der Waals surface area contributed by atoms with Gasteiger partial charge in [-0.2, -0.15) is 0 Å². The number of amides is 2. The van der Waals surface area contributed by atoms with Crippen LogP contribution >= 0.6 is 11.6 Å². The van der Waals surface area contributed by atoms with Crippen LogP contribution in [0.3, 0.4) is 0 Å². The van der Waals surface area contributed by atoms with Crippen molar-refractivity contribution >= 4 is 23.3 Å². The van der Waals surface area contributed by atoms with Crippen LogP contribution in [-0.2, 0) is 0 Å². The van der Waals surface area contributed by atoms with Gasteiger partial charge in [0.05, 0.1) is 12.8 Å². The standard InChI is InChI=1S/C11H15ClN2O2/c1-7-5-9(13-11(15)14(2)3)10(16-4)6-8(7)12/h5-6H,1-4H3,(H,13,15). The molecule has 0 heterocycles. The quantitative estimate of drug-likeness (QED) is 0.867. The average molecular weight is 243 g/mol. The third-order valence-corrected chi connectivity index (χ3v) is 2.54. The molecule has 0 saturated carbocycles. The van der Waals surface area contributed by atoms with Crippen LogP contribution in [0, 0.1) is 6.92 Å². The Labute approximate surface area is 100 Å². The van der Waals surface area contributed by atoms with E-state index < -0.39 is 0 Å². The van der Waals surface area contributed by atoms with Gasteiger partial charge in [-0.05, 0) is 18.6 Å². The van der Waals surface area contributed by atoms with Crippen molar-refractivity contribution in [1.29, 1.82) is 0 Å². The van der Waals surface area contributed by atoms with Gasteiger partial charge >= 0.3 is 6.03 Å². The number of rotatable bonds is 2. The molecule has 0 aromatic heterocycles. The summed E-state index contributed by atoms with van der Waals surface area (Å²) in [6.07, 6.45) is 0. The minimum atomic E-state index is -0.208. The zero-order chi connectivity index (χ0) is 12.3. The number of nitrogens with zero attached hydrogens (tertiary/aromatic N) is 1. The number of hydrogen-bond donors (Lipinski definition) is 1. The lowest BCUT2D eigenvalue weighted by atomic mass is 10.2. The van der Waals surface area contributed by atoms with Gasteiger partial charge in [0.25, 0.3) is 0 Å². The van der Waals surface area contributed by atoms with Gasteiger partial charge in [-0.1, -0.05) is 11.6 Å². The molecular weight excluding hydrogens is 228 g/mol. The smallest absolute Gasteiger partial charge is 0.321 e. The number of benzene rings is 1. The number of hydrogen-bond acceptors (Lipinski definition) is 2. The van der Waals surface area contributed by atoms with Crippen molar-refractivity contribution in [2.24, 2.45) is 0 Å². The second kappa shape index (κ2) is 5.07. The molecule has 0 atom stereocenters. The largest absolute Gasteiger partial charge is 0.495 e. The van der Waals surface area contributed by atoms with Gasteiger partial charge in [-0.3, -0.25) is 0 Å². The lowest BCUT2D eigenvalue weighted by Crippen LogP contribution is -2.27. The van der Waals surface area contributed by atoms with Crippen LogP contribution in [-0.4, -0.2) is 32.1 Å². The first-order valence-electron chi connectivity index (χ1n) is 4.78. The van der Waals surface area contributed by atoms with Crippen molar-refractivity contribution in [3.05, 3.63) is 22.7 Å². The molecule has 0 aliphatic rings. The highest BCUT2D eigenvalue weighted by molar-refractivity contribution is 6.31. The van der Waals surface area contributed by atoms with E-state index >= 15 is 0 Å². The molecule has 5 heteroatoms. The normalized spacial score (nSPS) is 9.81. The maximum Gasteiger partial charge on any atom is 0.321 e. The predicted octanol–water partition coefficient (Wildman–Crippen LogP) is 2.75. The molecule has 0 spiro atoms. The summed E-state index contributed by atoms with van der Waals surface area (Å²) >= 11 is 5.96. The van der Waals surface area contributed by atoms with Gasteiger partial charge in [-0.25, -0.2) is 4.79 Å². The van der Waals surface area contributed by atoms with Crippen molar-refractivity contribution in [2.75, 3.05) is 26.5 Å². The molecule has 0 fully saturated rings. The molecule has 0 unspecified atom stereocenters. The highest BCUT2D eigenvalue weighted by atomic mass is 35.5. The van der Waals surface area contributed by atoms with Crippen molar-refractivity contribution in [3.8, 4) is 5.75 Å². The highest BCUT2D eigenvalue weighted by Gasteiger charge is 2.10. The first-order chi connectivity index (χ1) is 7.45. The Kier molecular flexibility index (Phi) is 4.01. The van der Waals surface area contributed by atoms with E-state index in [0.29, 0.717) is 16.5 Å². The van der Waals surface area contributed by atoms with Crippen LogP contribution in [0.25, 0.3) is 0 Å². The van der Waals surface area contributed by atoms with E-state index in [2.05, 4.69) is 5.32 Å². The molecule has 1 aromatic carbocycles. The molecule has 1 aromatic rings. The topological polar surface area (TPSA) is 41.6 Å². The summed E-state index contributed by atoms with van der Waals surface area (Å²) < 4.78 is 5.14. The van der Waals surface area contributed by atoms with Gasteiger partial charge in [0.2, 0.25) is 0 Å². The molecule has 0 saturated heterocycles. The fraction of sp³-hybridized carbons (Fsp3) is 0.364. The van der Waals surface area contributed by atoms with Crippen LogP contribution in [0.5, 0.6) is 5.75 Å². The second-order valence-electron chi connectivity index (χ2n) is 3.63. The number of nitrogens with one attached hydrogen (secondary N) is 1. The van der Waals surface area contributed by atoms with E-state index in [0.717, 1.165) is 5.56 Å². The summed E-state index contributed by atoms with van der Waals surface area (Å²) in [6, 6.07) is 3.25. The van der Waals surface area contributed by atoms with Crippen molar-refractivity contribution in [1.82, 2.24) is 4.90 Å². The summed E-state index contributed by atoms with van der Waals surface area (Å²) in [7, 11) is 4.88. The van der Waals surface area contributed by atoms with Gasteiger partial charge in [0.15, 0.2) is 0 Å². The summed E-state index contributed by atoms with van der Waals surface area (Å²) in [6.45, 7) is 1.87. The third kappa shape index (κ3) is 2.79. The monoisotopic (exact) mass is 242 g/mol. The molecule has 0 radical (unpaired) electrons. The predicted molar refractivity (Wildman–Crippen MR) is 65.4 cm³/mol. The van der Waals surface area contributed by atoms with E-state index in [9.17, 15) is 4.79 Å². The van der Waals surface area contributed by atoms with Gasteiger partial charge in [-0.15, -0.1) is 0 Å². The Morgan fingerprint density at radius 3 is 2.56 bits per heavy atom. The minimum absolute atomic E-state index is 0.208. The van der Waals surface area contributed by atoms with Crippen molar-refractivity contribution in [2.45, 2.75) is 6.92 Å². The van der Waals surface area contributed by atoms with E-state index in [-0.39, 0.29) is 6.03 Å². The SMILES string of the molecule is COc1cc(Cl)c(C)cc1NC(=O)N(C)C. The van der Waals surface area contributed by atoms with Crippen LogP contribution in [0.2, 0.25) is 5.02 Å². The Morgan fingerprint density at radius 2 is 2.06 bits per heavy atom. The van der Waals surface area contributed by atoms with Crippen molar-refractivity contribution < 1.29 is 9.53 Å². The molecule has 2 amide bonds. The number of halogens is 1. The molecule has 88 valence electrons. The molecule has 1 rings (SSSR count). The maximum absolute atomic E-state index is 11.5. The zero-order valence-electron chi connectivity index (χ0n) is 9.80. The van der Waals surface area contributed by atoms with Gasteiger partial charge in [0.1, 0.15) is 5.75 Å². The Hall–Kier alpha value is -1.42. The number of aryl methyl sites for hydroxylation is 1. The molecule has 0 aliphatic heterocycles. The van der Waals surface area contributed by atoms with Gasteiger partial charge < -0.3 is 15.0 Å². The number of urea groups is 1. The lowest BCUT2D eigenvalue weighted by Gasteiger charge is -2.15.